The monoisotopic (exact) mass is 338 g/mol. The Kier molecular flexibility index (Phi) is 5.01. The number of hydrogen-bond acceptors (Lipinski definition) is 2. The van der Waals surface area contributed by atoms with Crippen LogP contribution in [0.2, 0.25) is 0 Å². The molecule has 106 valence electrons. The van der Waals surface area contributed by atoms with Gasteiger partial charge in [0.25, 0.3) is 0 Å². The molecule has 4 heteroatoms. The van der Waals surface area contributed by atoms with Crippen molar-refractivity contribution < 1.29 is 13.9 Å². The third-order valence-corrected chi connectivity index (χ3v) is 3.92. The van der Waals surface area contributed by atoms with E-state index in [-0.39, 0.29) is 10.6 Å². The molecular weight excluding hydrogens is 323 g/mol. The van der Waals surface area contributed by atoms with Crippen molar-refractivity contribution in [2.24, 2.45) is 0 Å². The van der Waals surface area contributed by atoms with E-state index in [1.165, 1.54) is 6.07 Å². The maximum absolute atomic E-state index is 14.0. The molecule has 0 spiro atoms. The molecular formula is C16H16BrFO2. The fraction of sp³-hybridized carbons (Fsp3) is 0.250. The maximum Gasteiger partial charge on any atom is 0.131 e. The molecule has 1 atom stereocenters. The highest BCUT2D eigenvalue weighted by Crippen LogP contribution is 2.37. The minimum Gasteiger partial charge on any atom is -0.496 e. The first-order valence-corrected chi connectivity index (χ1v) is 7.17. The van der Waals surface area contributed by atoms with Gasteiger partial charge in [-0.05, 0) is 30.2 Å². The molecule has 0 saturated carbocycles. The van der Waals surface area contributed by atoms with Gasteiger partial charge in [-0.3, -0.25) is 0 Å². The molecule has 2 nitrogen and oxygen atoms in total. The molecule has 0 fully saturated rings. The van der Waals surface area contributed by atoms with Gasteiger partial charge in [0.15, 0.2) is 0 Å². The van der Waals surface area contributed by atoms with Gasteiger partial charge in [0.05, 0.1) is 19.0 Å². The molecule has 2 rings (SSSR count). The lowest BCUT2D eigenvalue weighted by Crippen LogP contribution is -2.03. The number of ether oxygens (including phenoxy) is 2. The van der Waals surface area contributed by atoms with Gasteiger partial charge in [-0.25, -0.2) is 4.39 Å². The van der Waals surface area contributed by atoms with E-state index in [1.807, 2.05) is 24.3 Å². The summed E-state index contributed by atoms with van der Waals surface area (Å²) in [5.41, 5.74) is 1.54. The number of para-hydroxylation sites is 1. The van der Waals surface area contributed by atoms with Crippen LogP contribution in [0.3, 0.4) is 0 Å². The third-order valence-electron chi connectivity index (χ3n) is 3.14. The second kappa shape index (κ2) is 6.75. The quantitative estimate of drug-likeness (QED) is 0.746. The summed E-state index contributed by atoms with van der Waals surface area (Å²) in [6.07, 6.45) is 0.612. The van der Waals surface area contributed by atoms with E-state index in [9.17, 15) is 4.39 Å². The van der Waals surface area contributed by atoms with Gasteiger partial charge in [-0.2, -0.15) is 0 Å². The SMILES string of the molecule is COc1ccccc1CC(Br)c1c(F)cccc1OC. The Morgan fingerprint density at radius 1 is 1.00 bits per heavy atom. The zero-order valence-corrected chi connectivity index (χ0v) is 13.0. The highest BCUT2D eigenvalue weighted by Gasteiger charge is 2.19. The van der Waals surface area contributed by atoms with Crippen LogP contribution in [0.25, 0.3) is 0 Å². The van der Waals surface area contributed by atoms with Crippen LogP contribution in [0, 0.1) is 5.82 Å². The lowest BCUT2D eigenvalue weighted by Gasteiger charge is -2.16. The summed E-state index contributed by atoms with van der Waals surface area (Å²) in [6, 6.07) is 12.6. The van der Waals surface area contributed by atoms with Crippen LogP contribution in [0.1, 0.15) is 16.0 Å². The van der Waals surface area contributed by atoms with Crippen LogP contribution in [0.4, 0.5) is 4.39 Å². The van der Waals surface area contributed by atoms with Crippen molar-refractivity contribution in [1.29, 1.82) is 0 Å². The van der Waals surface area contributed by atoms with E-state index >= 15 is 0 Å². The van der Waals surface area contributed by atoms with E-state index in [1.54, 1.807) is 26.4 Å². The van der Waals surface area contributed by atoms with Gasteiger partial charge < -0.3 is 9.47 Å². The Morgan fingerprint density at radius 2 is 1.65 bits per heavy atom. The van der Waals surface area contributed by atoms with Crippen LogP contribution in [0.15, 0.2) is 42.5 Å². The predicted octanol–water partition coefficient (Wildman–Crippen LogP) is 4.52. The number of halogens is 2. The number of rotatable bonds is 5. The lowest BCUT2D eigenvalue weighted by molar-refractivity contribution is 0.401. The standard InChI is InChI=1S/C16H16BrFO2/c1-19-14-8-4-3-6-11(14)10-12(17)16-13(18)7-5-9-15(16)20-2/h3-9,12H,10H2,1-2H3. The van der Waals surface area contributed by atoms with E-state index in [0.717, 1.165) is 11.3 Å². The fourth-order valence-electron chi connectivity index (χ4n) is 2.17. The Balaban J connectivity index is 2.31. The summed E-state index contributed by atoms with van der Waals surface area (Å²) < 4.78 is 24.6. The largest absolute Gasteiger partial charge is 0.496 e. The topological polar surface area (TPSA) is 18.5 Å². The predicted molar refractivity (Wildman–Crippen MR) is 81.3 cm³/mol. The minimum absolute atomic E-state index is 0.185. The van der Waals surface area contributed by atoms with Crippen LogP contribution < -0.4 is 9.47 Å². The van der Waals surface area contributed by atoms with Crippen LogP contribution in [-0.4, -0.2) is 14.2 Å². The zero-order valence-electron chi connectivity index (χ0n) is 11.4. The summed E-state index contributed by atoms with van der Waals surface area (Å²) in [6.45, 7) is 0. The summed E-state index contributed by atoms with van der Waals surface area (Å²) in [7, 11) is 3.17. The van der Waals surface area contributed by atoms with E-state index < -0.39 is 0 Å². The molecule has 1 unspecified atom stereocenters. The Labute approximate surface area is 126 Å². The van der Waals surface area contributed by atoms with Crippen molar-refractivity contribution in [1.82, 2.24) is 0 Å². The maximum atomic E-state index is 14.0. The molecule has 0 amide bonds. The second-order valence-electron chi connectivity index (χ2n) is 4.34. The molecule has 0 saturated heterocycles. The van der Waals surface area contributed by atoms with E-state index in [2.05, 4.69) is 15.9 Å². The molecule has 2 aromatic rings. The summed E-state index contributed by atoms with van der Waals surface area (Å²) in [4.78, 5) is -0.185. The molecule has 0 N–H and O–H groups in total. The van der Waals surface area contributed by atoms with Gasteiger partial charge in [0.1, 0.15) is 17.3 Å². The molecule has 0 aromatic heterocycles. The second-order valence-corrected chi connectivity index (χ2v) is 5.44. The first kappa shape index (κ1) is 14.9. The number of hydrogen-bond donors (Lipinski definition) is 0. The average molecular weight is 339 g/mol. The summed E-state index contributed by atoms with van der Waals surface area (Å²) >= 11 is 3.55. The number of benzene rings is 2. The van der Waals surface area contributed by atoms with Crippen molar-refractivity contribution in [3.63, 3.8) is 0 Å². The molecule has 0 aliphatic carbocycles. The van der Waals surface area contributed by atoms with Crippen molar-refractivity contribution >= 4 is 15.9 Å². The highest BCUT2D eigenvalue weighted by molar-refractivity contribution is 9.09. The lowest BCUT2D eigenvalue weighted by atomic mass is 10.0. The third kappa shape index (κ3) is 3.12. The molecule has 0 bridgehead atoms. The molecule has 0 radical (unpaired) electrons. The number of methoxy groups -OCH3 is 2. The van der Waals surface area contributed by atoms with Gasteiger partial charge in [-0.1, -0.05) is 40.2 Å². The van der Waals surface area contributed by atoms with Gasteiger partial charge in [0.2, 0.25) is 0 Å². The van der Waals surface area contributed by atoms with E-state index in [4.69, 9.17) is 9.47 Å². The molecule has 2 aromatic carbocycles. The molecule has 20 heavy (non-hydrogen) atoms. The van der Waals surface area contributed by atoms with Crippen molar-refractivity contribution in [3.8, 4) is 11.5 Å². The van der Waals surface area contributed by atoms with Gasteiger partial charge in [0, 0.05) is 5.56 Å². The van der Waals surface area contributed by atoms with Crippen LogP contribution in [-0.2, 0) is 6.42 Å². The summed E-state index contributed by atoms with van der Waals surface area (Å²) in [5, 5.41) is 0. The Morgan fingerprint density at radius 3 is 2.35 bits per heavy atom. The Hall–Kier alpha value is -1.55. The first-order valence-electron chi connectivity index (χ1n) is 6.25. The fourth-order valence-corrected chi connectivity index (χ4v) is 2.96. The van der Waals surface area contributed by atoms with E-state index in [0.29, 0.717) is 17.7 Å². The van der Waals surface area contributed by atoms with Crippen molar-refractivity contribution in [3.05, 3.63) is 59.4 Å². The van der Waals surface area contributed by atoms with Crippen LogP contribution in [0.5, 0.6) is 11.5 Å². The van der Waals surface area contributed by atoms with Crippen molar-refractivity contribution in [2.75, 3.05) is 14.2 Å². The van der Waals surface area contributed by atoms with Gasteiger partial charge >= 0.3 is 0 Å². The molecule has 0 aliphatic rings. The number of alkyl halides is 1. The normalized spacial score (nSPS) is 12.0. The minimum atomic E-state index is -0.277. The highest BCUT2D eigenvalue weighted by atomic mass is 79.9. The zero-order chi connectivity index (χ0) is 14.5. The molecule has 0 aliphatic heterocycles. The summed E-state index contributed by atoms with van der Waals surface area (Å²) in [5.74, 6) is 1.06. The van der Waals surface area contributed by atoms with Crippen LogP contribution >= 0.6 is 15.9 Å². The molecule has 0 heterocycles. The Bertz CT molecular complexity index is 586. The van der Waals surface area contributed by atoms with Crippen molar-refractivity contribution in [2.45, 2.75) is 11.2 Å². The first-order chi connectivity index (χ1) is 9.67. The average Bonchev–Trinajstić information content (AvgIpc) is 2.47. The smallest absolute Gasteiger partial charge is 0.131 e. The van der Waals surface area contributed by atoms with Gasteiger partial charge in [-0.15, -0.1) is 0 Å².